The van der Waals surface area contributed by atoms with Gasteiger partial charge < -0.3 is 15.4 Å². The van der Waals surface area contributed by atoms with Crippen LogP contribution in [0.3, 0.4) is 0 Å². The molecule has 3 heteroatoms. The number of rotatable bonds is 4. The van der Waals surface area contributed by atoms with Gasteiger partial charge in [-0.25, -0.2) is 0 Å². The molecule has 0 radical (unpaired) electrons. The Morgan fingerprint density at radius 3 is 2.79 bits per heavy atom. The fourth-order valence-corrected chi connectivity index (χ4v) is 1.39. The van der Waals surface area contributed by atoms with Gasteiger partial charge in [0.05, 0.1) is 7.11 Å². The molecule has 0 aliphatic rings. The van der Waals surface area contributed by atoms with Crippen molar-refractivity contribution < 1.29 is 4.74 Å². The van der Waals surface area contributed by atoms with Gasteiger partial charge in [0.15, 0.2) is 0 Å². The number of methoxy groups -OCH3 is 1. The van der Waals surface area contributed by atoms with E-state index < -0.39 is 0 Å². The molecule has 1 aromatic rings. The van der Waals surface area contributed by atoms with Crippen LogP contribution in [0.2, 0.25) is 0 Å². The first kappa shape index (κ1) is 10.9. The van der Waals surface area contributed by atoms with Gasteiger partial charge in [-0.15, -0.1) is 0 Å². The predicted octanol–water partition coefficient (Wildman–Crippen LogP) is 1.48. The zero-order valence-corrected chi connectivity index (χ0v) is 9.03. The minimum Gasteiger partial charge on any atom is -0.497 e. The van der Waals surface area contributed by atoms with Gasteiger partial charge >= 0.3 is 0 Å². The molecule has 0 amide bonds. The van der Waals surface area contributed by atoms with Gasteiger partial charge in [0, 0.05) is 31.4 Å². The van der Waals surface area contributed by atoms with E-state index in [4.69, 9.17) is 10.5 Å². The molecule has 0 unspecified atom stereocenters. The van der Waals surface area contributed by atoms with E-state index in [0.29, 0.717) is 0 Å². The highest BCUT2D eigenvalue weighted by molar-refractivity contribution is 5.50. The number of anilines is 1. The molecule has 14 heavy (non-hydrogen) atoms. The zero-order valence-electron chi connectivity index (χ0n) is 9.03. The van der Waals surface area contributed by atoms with E-state index in [9.17, 15) is 0 Å². The summed E-state index contributed by atoms with van der Waals surface area (Å²) < 4.78 is 5.15. The molecule has 0 heterocycles. The Morgan fingerprint density at radius 1 is 1.50 bits per heavy atom. The van der Waals surface area contributed by atoms with Gasteiger partial charge in [0.25, 0.3) is 0 Å². The predicted molar refractivity (Wildman–Crippen MR) is 59.9 cm³/mol. The lowest BCUT2D eigenvalue weighted by Crippen LogP contribution is -2.32. The monoisotopic (exact) mass is 194 g/mol. The highest BCUT2D eigenvalue weighted by Gasteiger charge is 2.03. The lowest BCUT2D eigenvalue weighted by atomic mass is 10.2. The minimum absolute atomic E-state index is 0.172. The van der Waals surface area contributed by atoms with Crippen molar-refractivity contribution in [1.82, 2.24) is 0 Å². The number of nitrogens with two attached hydrogens (primary N) is 1. The molecule has 0 fully saturated rings. The van der Waals surface area contributed by atoms with E-state index in [1.807, 2.05) is 38.2 Å². The van der Waals surface area contributed by atoms with Crippen LogP contribution in [0.25, 0.3) is 0 Å². The minimum atomic E-state index is 0.172. The highest BCUT2D eigenvalue weighted by atomic mass is 16.5. The van der Waals surface area contributed by atoms with Gasteiger partial charge in [-0.3, -0.25) is 0 Å². The van der Waals surface area contributed by atoms with Crippen LogP contribution in [-0.4, -0.2) is 26.7 Å². The van der Waals surface area contributed by atoms with Crippen LogP contribution in [-0.2, 0) is 0 Å². The van der Waals surface area contributed by atoms with E-state index in [-0.39, 0.29) is 6.04 Å². The maximum Gasteiger partial charge on any atom is 0.120 e. The molecule has 0 aromatic heterocycles. The molecule has 0 aliphatic carbocycles. The van der Waals surface area contributed by atoms with Crippen LogP contribution in [0, 0.1) is 0 Å². The molecule has 3 nitrogen and oxygen atoms in total. The van der Waals surface area contributed by atoms with Crippen molar-refractivity contribution in [1.29, 1.82) is 0 Å². The molecular weight excluding hydrogens is 176 g/mol. The van der Waals surface area contributed by atoms with Gasteiger partial charge in [0.2, 0.25) is 0 Å². The fraction of sp³-hybridized carbons (Fsp3) is 0.455. The zero-order chi connectivity index (χ0) is 10.6. The first-order valence-corrected chi connectivity index (χ1v) is 4.74. The second-order valence-corrected chi connectivity index (χ2v) is 3.56. The number of ether oxygens (including phenoxy) is 1. The molecule has 78 valence electrons. The Balaban J connectivity index is 2.73. The van der Waals surface area contributed by atoms with E-state index in [2.05, 4.69) is 4.90 Å². The van der Waals surface area contributed by atoms with Gasteiger partial charge in [-0.1, -0.05) is 6.07 Å². The number of hydrogen-bond acceptors (Lipinski definition) is 3. The number of benzene rings is 1. The summed E-state index contributed by atoms with van der Waals surface area (Å²) in [6, 6.07) is 8.13. The normalized spacial score (nSPS) is 12.3. The third kappa shape index (κ3) is 2.92. The molecular formula is C11H18N2O. The fourth-order valence-electron chi connectivity index (χ4n) is 1.39. The van der Waals surface area contributed by atoms with E-state index in [0.717, 1.165) is 18.0 Å². The van der Waals surface area contributed by atoms with Gasteiger partial charge in [-0.05, 0) is 19.1 Å². The third-order valence-electron chi connectivity index (χ3n) is 2.06. The quantitative estimate of drug-likeness (QED) is 0.789. The average Bonchev–Trinajstić information content (AvgIpc) is 2.17. The van der Waals surface area contributed by atoms with E-state index >= 15 is 0 Å². The molecule has 0 aliphatic heterocycles. The largest absolute Gasteiger partial charge is 0.497 e. The average molecular weight is 194 g/mol. The summed E-state index contributed by atoms with van der Waals surface area (Å²) >= 11 is 0. The van der Waals surface area contributed by atoms with Gasteiger partial charge in [0.1, 0.15) is 5.75 Å². The first-order chi connectivity index (χ1) is 6.63. The summed E-state index contributed by atoms with van der Waals surface area (Å²) in [6.07, 6.45) is 0. The third-order valence-corrected chi connectivity index (χ3v) is 2.06. The van der Waals surface area contributed by atoms with Gasteiger partial charge in [-0.2, -0.15) is 0 Å². The molecule has 0 bridgehead atoms. The Labute approximate surface area is 85.5 Å². The number of hydrogen-bond donors (Lipinski definition) is 1. The van der Waals surface area contributed by atoms with Crippen molar-refractivity contribution in [2.75, 3.05) is 25.6 Å². The number of likely N-dealkylation sites (N-methyl/N-ethyl adjacent to an activating group) is 1. The highest BCUT2D eigenvalue weighted by Crippen LogP contribution is 2.19. The smallest absolute Gasteiger partial charge is 0.120 e. The standard InChI is InChI=1S/C11H18N2O/c1-9(12)8-13(2)10-5-4-6-11(7-10)14-3/h4-7,9H,8,12H2,1-3H3/t9-/m1/s1. The van der Waals surface area contributed by atoms with Crippen molar-refractivity contribution in [2.45, 2.75) is 13.0 Å². The van der Waals surface area contributed by atoms with Crippen LogP contribution in [0.5, 0.6) is 5.75 Å². The Bertz CT molecular complexity index is 286. The van der Waals surface area contributed by atoms with Crippen LogP contribution in [0.15, 0.2) is 24.3 Å². The second kappa shape index (κ2) is 4.86. The maximum absolute atomic E-state index is 5.73. The number of nitrogens with zero attached hydrogens (tertiary/aromatic N) is 1. The molecule has 1 atom stereocenters. The molecule has 1 rings (SSSR count). The van der Waals surface area contributed by atoms with Crippen molar-refractivity contribution in [3.8, 4) is 5.75 Å². The Morgan fingerprint density at radius 2 is 2.21 bits per heavy atom. The van der Waals surface area contributed by atoms with Crippen molar-refractivity contribution >= 4 is 5.69 Å². The van der Waals surface area contributed by atoms with Crippen LogP contribution in [0.4, 0.5) is 5.69 Å². The first-order valence-electron chi connectivity index (χ1n) is 4.74. The summed E-state index contributed by atoms with van der Waals surface area (Å²) in [5, 5.41) is 0. The summed E-state index contributed by atoms with van der Waals surface area (Å²) in [5.41, 5.74) is 6.85. The summed E-state index contributed by atoms with van der Waals surface area (Å²) in [6.45, 7) is 2.84. The van der Waals surface area contributed by atoms with Crippen LogP contribution in [0.1, 0.15) is 6.92 Å². The second-order valence-electron chi connectivity index (χ2n) is 3.56. The van der Waals surface area contributed by atoms with Crippen molar-refractivity contribution in [3.05, 3.63) is 24.3 Å². The summed E-state index contributed by atoms with van der Waals surface area (Å²) in [4.78, 5) is 2.12. The molecule has 0 spiro atoms. The van der Waals surface area contributed by atoms with Crippen LogP contribution < -0.4 is 15.4 Å². The molecule has 0 saturated heterocycles. The Kier molecular flexibility index (Phi) is 3.77. The molecule has 1 aromatic carbocycles. The summed E-state index contributed by atoms with van der Waals surface area (Å²) in [7, 11) is 3.70. The topological polar surface area (TPSA) is 38.5 Å². The molecule has 0 saturated carbocycles. The summed E-state index contributed by atoms with van der Waals surface area (Å²) in [5.74, 6) is 0.874. The van der Waals surface area contributed by atoms with Crippen LogP contribution >= 0.6 is 0 Å². The Hall–Kier alpha value is -1.22. The van der Waals surface area contributed by atoms with E-state index in [1.165, 1.54) is 0 Å². The maximum atomic E-state index is 5.73. The lowest BCUT2D eigenvalue weighted by molar-refractivity contribution is 0.415. The lowest BCUT2D eigenvalue weighted by Gasteiger charge is -2.21. The van der Waals surface area contributed by atoms with E-state index in [1.54, 1.807) is 7.11 Å². The van der Waals surface area contributed by atoms with Crippen molar-refractivity contribution in [3.63, 3.8) is 0 Å². The SMILES string of the molecule is COc1cccc(N(C)C[C@@H](C)N)c1. The molecule has 2 N–H and O–H groups in total. The van der Waals surface area contributed by atoms with Crippen molar-refractivity contribution in [2.24, 2.45) is 5.73 Å².